The summed E-state index contributed by atoms with van der Waals surface area (Å²) >= 11 is 1.18. The molecule has 2 atom stereocenters. The number of benzene rings is 1. The summed E-state index contributed by atoms with van der Waals surface area (Å²) in [5.41, 5.74) is 0.525. The van der Waals surface area contributed by atoms with E-state index in [4.69, 9.17) is 9.84 Å². The van der Waals surface area contributed by atoms with Crippen molar-refractivity contribution in [1.29, 1.82) is 0 Å². The molecule has 1 fully saturated rings. The third kappa shape index (κ3) is 4.74. The monoisotopic (exact) mass is 323 g/mol. The molecule has 1 heterocycles. The number of carbonyl (C=O) groups is 2. The molecule has 22 heavy (non-hydrogen) atoms. The van der Waals surface area contributed by atoms with E-state index in [9.17, 15) is 9.59 Å². The summed E-state index contributed by atoms with van der Waals surface area (Å²) in [7, 11) is 0. The summed E-state index contributed by atoms with van der Waals surface area (Å²) in [6, 6.07) is 7.10. The summed E-state index contributed by atoms with van der Waals surface area (Å²) in [5, 5.41) is 11.3. The smallest absolute Gasteiger partial charge is 0.316 e. The van der Waals surface area contributed by atoms with Gasteiger partial charge in [-0.15, -0.1) is 11.8 Å². The lowest BCUT2D eigenvalue weighted by Gasteiger charge is -2.22. The Bertz CT molecular complexity index is 529. The molecule has 1 aliphatic rings. The first-order chi connectivity index (χ1) is 10.6. The first kappa shape index (κ1) is 16.8. The van der Waals surface area contributed by atoms with Gasteiger partial charge in [-0.05, 0) is 37.8 Å². The Morgan fingerprint density at radius 3 is 2.91 bits per heavy atom. The fourth-order valence-corrected chi connectivity index (χ4v) is 3.23. The van der Waals surface area contributed by atoms with Crippen LogP contribution in [0.4, 0.5) is 0 Å². The maximum Gasteiger partial charge on any atom is 0.316 e. The normalized spacial score (nSPS) is 19.4. The molecule has 0 spiro atoms. The highest BCUT2D eigenvalue weighted by Crippen LogP contribution is 2.27. The van der Waals surface area contributed by atoms with Gasteiger partial charge in [0, 0.05) is 18.0 Å². The Kier molecular flexibility index (Phi) is 6.27. The quantitative estimate of drug-likeness (QED) is 0.786. The molecule has 1 saturated heterocycles. The van der Waals surface area contributed by atoms with Crippen LogP contribution in [0, 0.1) is 5.92 Å². The topological polar surface area (TPSA) is 75.6 Å². The van der Waals surface area contributed by atoms with Gasteiger partial charge >= 0.3 is 5.97 Å². The molecule has 0 aromatic heterocycles. The number of nitrogens with one attached hydrogen (secondary N) is 1. The van der Waals surface area contributed by atoms with Crippen LogP contribution in [0.3, 0.4) is 0 Å². The molecule has 0 aliphatic carbocycles. The van der Waals surface area contributed by atoms with Crippen molar-refractivity contribution in [2.75, 3.05) is 19.8 Å². The molecule has 0 saturated carbocycles. The van der Waals surface area contributed by atoms with Crippen molar-refractivity contribution in [3.05, 3.63) is 29.8 Å². The summed E-state index contributed by atoms with van der Waals surface area (Å²) < 4.78 is 5.40. The number of carbonyl (C=O) groups excluding carboxylic acids is 1. The van der Waals surface area contributed by atoms with Gasteiger partial charge in [0.25, 0.3) is 5.91 Å². The highest BCUT2D eigenvalue weighted by molar-refractivity contribution is 8.00. The van der Waals surface area contributed by atoms with Gasteiger partial charge in [-0.3, -0.25) is 9.59 Å². The second-order valence-electron chi connectivity index (χ2n) is 5.39. The molecule has 1 aliphatic heterocycles. The molecular formula is C16H21NO4S. The zero-order valence-electron chi connectivity index (χ0n) is 12.6. The summed E-state index contributed by atoms with van der Waals surface area (Å²) in [6.07, 6.45) is 2.09. The lowest BCUT2D eigenvalue weighted by Crippen LogP contribution is -2.33. The molecule has 0 bridgehead atoms. The average Bonchev–Trinajstić information content (AvgIpc) is 2.54. The number of carboxylic acids is 1. The van der Waals surface area contributed by atoms with E-state index in [1.165, 1.54) is 11.8 Å². The number of carboxylic acid groups (broad SMARTS) is 1. The Labute approximate surface area is 134 Å². The van der Waals surface area contributed by atoms with Crippen molar-refractivity contribution in [3.8, 4) is 0 Å². The van der Waals surface area contributed by atoms with Gasteiger partial charge in [-0.2, -0.15) is 0 Å². The molecule has 120 valence electrons. The van der Waals surface area contributed by atoms with Gasteiger partial charge in [-0.25, -0.2) is 0 Å². The van der Waals surface area contributed by atoms with E-state index in [1.54, 1.807) is 25.1 Å². The lowest BCUT2D eigenvalue weighted by atomic mass is 10.0. The van der Waals surface area contributed by atoms with Crippen molar-refractivity contribution in [2.24, 2.45) is 5.92 Å². The van der Waals surface area contributed by atoms with E-state index >= 15 is 0 Å². The minimum absolute atomic E-state index is 0.161. The summed E-state index contributed by atoms with van der Waals surface area (Å²) in [4.78, 5) is 24.0. The Hall–Kier alpha value is -1.53. The zero-order valence-corrected chi connectivity index (χ0v) is 13.4. The van der Waals surface area contributed by atoms with E-state index in [-0.39, 0.29) is 5.91 Å². The van der Waals surface area contributed by atoms with E-state index < -0.39 is 11.2 Å². The molecule has 1 amide bonds. The average molecular weight is 323 g/mol. The van der Waals surface area contributed by atoms with Gasteiger partial charge in [0.2, 0.25) is 0 Å². The molecule has 1 aromatic rings. The first-order valence-electron chi connectivity index (χ1n) is 7.42. The SMILES string of the molecule is CC(Sc1ccccc1C(=O)NCC1CCCOC1)C(=O)O. The maximum atomic E-state index is 12.3. The summed E-state index contributed by atoms with van der Waals surface area (Å²) in [5.74, 6) is -0.693. The van der Waals surface area contributed by atoms with Crippen molar-refractivity contribution < 1.29 is 19.4 Å². The van der Waals surface area contributed by atoms with Gasteiger partial charge in [-0.1, -0.05) is 12.1 Å². The van der Waals surface area contributed by atoms with Crippen LogP contribution in [0.25, 0.3) is 0 Å². The van der Waals surface area contributed by atoms with Crippen LogP contribution in [0.2, 0.25) is 0 Å². The second-order valence-corrected chi connectivity index (χ2v) is 6.77. The van der Waals surface area contributed by atoms with Gasteiger partial charge in [0.05, 0.1) is 12.2 Å². The second kappa shape index (κ2) is 8.19. The van der Waals surface area contributed by atoms with Crippen LogP contribution in [0.1, 0.15) is 30.1 Å². The fourth-order valence-electron chi connectivity index (χ4n) is 2.30. The van der Waals surface area contributed by atoms with E-state index in [0.29, 0.717) is 29.5 Å². The lowest BCUT2D eigenvalue weighted by molar-refractivity contribution is -0.136. The van der Waals surface area contributed by atoms with Gasteiger partial charge in [0.1, 0.15) is 5.25 Å². The largest absolute Gasteiger partial charge is 0.480 e. The zero-order chi connectivity index (χ0) is 15.9. The third-order valence-corrected chi connectivity index (χ3v) is 4.75. The van der Waals surface area contributed by atoms with Gasteiger partial charge in [0.15, 0.2) is 0 Å². The highest BCUT2D eigenvalue weighted by Gasteiger charge is 2.19. The van der Waals surface area contributed by atoms with Crippen molar-refractivity contribution in [1.82, 2.24) is 5.32 Å². The van der Waals surface area contributed by atoms with Crippen molar-refractivity contribution in [2.45, 2.75) is 29.9 Å². The van der Waals surface area contributed by atoms with Crippen LogP contribution >= 0.6 is 11.8 Å². The number of rotatable bonds is 6. The molecule has 2 unspecified atom stereocenters. The van der Waals surface area contributed by atoms with Crippen LogP contribution in [-0.4, -0.2) is 42.0 Å². The molecule has 0 radical (unpaired) electrons. The number of ether oxygens (including phenoxy) is 1. The van der Waals surface area contributed by atoms with Crippen molar-refractivity contribution >= 4 is 23.6 Å². The number of amides is 1. The minimum Gasteiger partial charge on any atom is -0.480 e. The standard InChI is InChI=1S/C16H21NO4S/c1-11(16(19)20)22-14-7-3-2-6-13(14)15(18)17-9-12-5-4-8-21-10-12/h2-3,6-7,11-12H,4-5,8-10H2,1H3,(H,17,18)(H,19,20). The predicted octanol–water partition coefficient (Wildman–Crippen LogP) is 2.41. The van der Waals surface area contributed by atoms with Crippen molar-refractivity contribution in [3.63, 3.8) is 0 Å². The Morgan fingerprint density at radius 1 is 1.45 bits per heavy atom. The Balaban J connectivity index is 1.97. The first-order valence-corrected chi connectivity index (χ1v) is 8.30. The van der Waals surface area contributed by atoms with E-state index in [0.717, 1.165) is 19.4 Å². The molecule has 2 N–H and O–H groups in total. The maximum absolute atomic E-state index is 12.3. The van der Waals surface area contributed by atoms with Gasteiger partial charge < -0.3 is 15.2 Å². The number of thioether (sulfide) groups is 1. The predicted molar refractivity (Wildman–Crippen MR) is 85.3 cm³/mol. The van der Waals surface area contributed by atoms with Crippen LogP contribution in [0.15, 0.2) is 29.2 Å². The molecule has 2 rings (SSSR count). The molecular weight excluding hydrogens is 302 g/mol. The molecule has 6 heteroatoms. The third-order valence-electron chi connectivity index (χ3n) is 3.59. The van der Waals surface area contributed by atoms with E-state index in [1.807, 2.05) is 6.07 Å². The van der Waals surface area contributed by atoms with Crippen LogP contribution in [-0.2, 0) is 9.53 Å². The summed E-state index contributed by atoms with van der Waals surface area (Å²) in [6.45, 7) is 3.69. The fraction of sp³-hybridized carbons (Fsp3) is 0.500. The van der Waals surface area contributed by atoms with E-state index in [2.05, 4.69) is 5.32 Å². The minimum atomic E-state index is -0.889. The van der Waals surface area contributed by atoms with Crippen LogP contribution < -0.4 is 5.32 Å². The number of hydrogen-bond donors (Lipinski definition) is 2. The Morgan fingerprint density at radius 2 is 2.23 bits per heavy atom. The molecule has 1 aromatic carbocycles. The number of hydrogen-bond acceptors (Lipinski definition) is 4. The highest BCUT2D eigenvalue weighted by atomic mass is 32.2. The molecule has 5 nitrogen and oxygen atoms in total. The van der Waals surface area contributed by atoms with Crippen LogP contribution in [0.5, 0.6) is 0 Å². The number of aliphatic carboxylic acids is 1.